The van der Waals surface area contributed by atoms with Crippen molar-refractivity contribution in [3.8, 4) is 17.0 Å². The molecule has 3 rings (SSSR count). The predicted molar refractivity (Wildman–Crippen MR) is 66.8 cm³/mol. The topological polar surface area (TPSA) is 48.1 Å². The van der Waals surface area contributed by atoms with Gasteiger partial charge < -0.3 is 10.5 Å². The molecule has 4 heteroatoms. The maximum absolute atomic E-state index is 13.6. The third-order valence-electron chi connectivity index (χ3n) is 3.07. The van der Waals surface area contributed by atoms with Crippen molar-refractivity contribution in [1.29, 1.82) is 0 Å². The van der Waals surface area contributed by atoms with Crippen LogP contribution in [0.2, 0.25) is 0 Å². The second-order valence-corrected chi connectivity index (χ2v) is 4.34. The Morgan fingerprint density at radius 3 is 3.00 bits per heavy atom. The van der Waals surface area contributed by atoms with Crippen LogP contribution in [0.1, 0.15) is 5.56 Å². The maximum Gasteiger partial charge on any atom is 0.132 e. The van der Waals surface area contributed by atoms with Crippen LogP contribution in [0.5, 0.6) is 5.75 Å². The smallest absolute Gasteiger partial charge is 0.132 e. The Labute approximate surface area is 104 Å². The minimum Gasteiger partial charge on any atom is -0.488 e. The molecule has 0 bridgehead atoms. The summed E-state index contributed by atoms with van der Waals surface area (Å²) in [4.78, 5) is 4.24. The zero-order chi connectivity index (χ0) is 12.5. The van der Waals surface area contributed by atoms with Gasteiger partial charge in [0.15, 0.2) is 0 Å². The fourth-order valence-corrected chi connectivity index (χ4v) is 2.24. The summed E-state index contributed by atoms with van der Waals surface area (Å²) < 4.78 is 19.4. The lowest BCUT2D eigenvalue weighted by molar-refractivity contribution is 0.242. The first-order valence-corrected chi connectivity index (χ1v) is 5.88. The quantitative estimate of drug-likeness (QED) is 0.880. The van der Waals surface area contributed by atoms with Crippen molar-refractivity contribution in [2.24, 2.45) is 5.73 Å². The van der Waals surface area contributed by atoms with E-state index in [1.54, 1.807) is 6.20 Å². The number of fused-ring (bicyclic) bond motifs is 1. The van der Waals surface area contributed by atoms with E-state index in [1.807, 2.05) is 18.2 Å². The molecule has 1 aromatic heterocycles. The molecule has 0 spiro atoms. The largest absolute Gasteiger partial charge is 0.488 e. The molecule has 0 amide bonds. The van der Waals surface area contributed by atoms with E-state index in [4.69, 9.17) is 10.5 Å². The van der Waals surface area contributed by atoms with E-state index in [0.717, 1.165) is 5.56 Å². The molecule has 3 nitrogen and oxygen atoms in total. The van der Waals surface area contributed by atoms with Crippen molar-refractivity contribution in [3.63, 3.8) is 0 Å². The molecule has 0 fully saturated rings. The summed E-state index contributed by atoms with van der Waals surface area (Å²) in [6.07, 6.45) is 2.27. The molecule has 18 heavy (non-hydrogen) atoms. The molecule has 1 aliphatic rings. The monoisotopic (exact) mass is 244 g/mol. The van der Waals surface area contributed by atoms with Crippen LogP contribution in [-0.4, -0.2) is 17.6 Å². The molecule has 2 N–H and O–H groups in total. The minimum absolute atomic E-state index is 0.0655. The molecule has 0 unspecified atom stereocenters. The van der Waals surface area contributed by atoms with Gasteiger partial charge in [-0.05, 0) is 24.3 Å². The summed E-state index contributed by atoms with van der Waals surface area (Å²) in [7, 11) is 0. The van der Waals surface area contributed by atoms with Crippen LogP contribution >= 0.6 is 0 Å². The number of benzene rings is 1. The number of nitrogens with two attached hydrogens (primary N) is 1. The lowest BCUT2D eigenvalue weighted by atomic mass is 10.0. The Balaban J connectivity index is 2.12. The Kier molecular flexibility index (Phi) is 2.72. The zero-order valence-corrected chi connectivity index (χ0v) is 9.77. The molecule has 2 heterocycles. The van der Waals surface area contributed by atoms with Crippen LogP contribution in [0.4, 0.5) is 4.39 Å². The third kappa shape index (κ3) is 1.84. The first kappa shape index (κ1) is 11.2. The molecule has 0 saturated carbocycles. The number of rotatable bonds is 2. The van der Waals surface area contributed by atoms with E-state index in [9.17, 15) is 4.39 Å². The van der Waals surface area contributed by atoms with Gasteiger partial charge in [0.1, 0.15) is 17.7 Å². The summed E-state index contributed by atoms with van der Waals surface area (Å²) in [6.45, 7) is 0.429. The first-order chi connectivity index (χ1) is 8.78. The average Bonchev–Trinajstić information content (AvgIpc) is 2.81. The zero-order valence-electron chi connectivity index (χ0n) is 9.77. The van der Waals surface area contributed by atoms with Crippen LogP contribution in [0.15, 0.2) is 36.5 Å². The Morgan fingerprint density at radius 1 is 1.39 bits per heavy atom. The number of pyridine rings is 1. The molecular weight excluding hydrogens is 231 g/mol. The van der Waals surface area contributed by atoms with E-state index in [-0.39, 0.29) is 11.9 Å². The lowest BCUT2D eigenvalue weighted by Gasteiger charge is -2.10. The van der Waals surface area contributed by atoms with Crippen LogP contribution in [0.25, 0.3) is 11.3 Å². The van der Waals surface area contributed by atoms with Crippen molar-refractivity contribution in [1.82, 2.24) is 4.98 Å². The standard InChI is InChI=1S/C14H13FN2O/c15-10-5-9-6-11(8-16)18-14(9)12(7-10)13-3-1-2-4-17-13/h1-5,7,11H,6,8,16H2/t11-/m1/s1. The van der Waals surface area contributed by atoms with Gasteiger partial charge in [0.25, 0.3) is 0 Å². The highest BCUT2D eigenvalue weighted by Crippen LogP contribution is 2.38. The molecule has 0 aliphatic carbocycles. The highest BCUT2D eigenvalue weighted by Gasteiger charge is 2.26. The van der Waals surface area contributed by atoms with Gasteiger partial charge in [0, 0.05) is 30.3 Å². The second kappa shape index (κ2) is 4.38. The van der Waals surface area contributed by atoms with Gasteiger partial charge in [-0.15, -0.1) is 0 Å². The predicted octanol–water partition coefficient (Wildman–Crippen LogP) is 2.15. The van der Waals surface area contributed by atoms with Gasteiger partial charge in [-0.3, -0.25) is 4.98 Å². The van der Waals surface area contributed by atoms with Crippen LogP contribution in [-0.2, 0) is 6.42 Å². The van der Waals surface area contributed by atoms with Crippen molar-refractivity contribution in [3.05, 3.63) is 47.9 Å². The van der Waals surface area contributed by atoms with Crippen molar-refractivity contribution < 1.29 is 9.13 Å². The van der Waals surface area contributed by atoms with E-state index in [0.29, 0.717) is 30.0 Å². The third-order valence-corrected chi connectivity index (χ3v) is 3.07. The molecule has 92 valence electrons. The Hall–Kier alpha value is -1.94. The van der Waals surface area contributed by atoms with Crippen molar-refractivity contribution in [2.45, 2.75) is 12.5 Å². The van der Waals surface area contributed by atoms with Crippen molar-refractivity contribution in [2.75, 3.05) is 6.54 Å². The summed E-state index contributed by atoms with van der Waals surface area (Å²) in [5.74, 6) is 0.446. The van der Waals surface area contributed by atoms with Gasteiger partial charge in [0.2, 0.25) is 0 Å². The number of nitrogens with zero attached hydrogens (tertiary/aromatic N) is 1. The van der Waals surface area contributed by atoms with Crippen LogP contribution in [0.3, 0.4) is 0 Å². The van der Waals surface area contributed by atoms with Gasteiger partial charge in [-0.2, -0.15) is 0 Å². The number of hydrogen-bond donors (Lipinski definition) is 1. The van der Waals surface area contributed by atoms with E-state index < -0.39 is 0 Å². The molecule has 0 radical (unpaired) electrons. The summed E-state index contributed by atoms with van der Waals surface area (Å²) in [5, 5.41) is 0. The molecule has 1 atom stereocenters. The fourth-order valence-electron chi connectivity index (χ4n) is 2.24. The normalized spacial score (nSPS) is 17.3. The summed E-state index contributed by atoms with van der Waals surface area (Å²) in [5.41, 5.74) is 7.88. The molecule has 1 aromatic carbocycles. The lowest BCUT2D eigenvalue weighted by Crippen LogP contribution is -2.24. The average molecular weight is 244 g/mol. The maximum atomic E-state index is 13.6. The van der Waals surface area contributed by atoms with Crippen LogP contribution < -0.4 is 10.5 Å². The first-order valence-electron chi connectivity index (χ1n) is 5.88. The molecule has 2 aromatic rings. The Morgan fingerprint density at radius 2 is 2.28 bits per heavy atom. The number of aromatic nitrogens is 1. The van der Waals surface area contributed by atoms with Gasteiger partial charge >= 0.3 is 0 Å². The fraction of sp³-hybridized carbons (Fsp3) is 0.214. The summed E-state index contributed by atoms with van der Waals surface area (Å²) in [6, 6.07) is 8.51. The van der Waals surface area contributed by atoms with Gasteiger partial charge in [-0.1, -0.05) is 6.07 Å². The Bertz CT molecular complexity index is 572. The van der Waals surface area contributed by atoms with E-state index in [1.165, 1.54) is 12.1 Å². The minimum atomic E-state index is -0.268. The number of halogens is 1. The summed E-state index contributed by atoms with van der Waals surface area (Å²) >= 11 is 0. The van der Waals surface area contributed by atoms with Gasteiger partial charge in [-0.25, -0.2) is 4.39 Å². The second-order valence-electron chi connectivity index (χ2n) is 4.34. The van der Waals surface area contributed by atoms with E-state index in [2.05, 4.69) is 4.98 Å². The van der Waals surface area contributed by atoms with Crippen LogP contribution in [0, 0.1) is 5.82 Å². The molecule has 1 aliphatic heterocycles. The SMILES string of the molecule is NC[C@H]1Cc2cc(F)cc(-c3ccccn3)c2O1. The van der Waals surface area contributed by atoms with E-state index >= 15 is 0 Å². The van der Waals surface area contributed by atoms with Crippen molar-refractivity contribution >= 4 is 0 Å². The van der Waals surface area contributed by atoms with Gasteiger partial charge in [0.05, 0.1) is 5.69 Å². The number of hydrogen-bond acceptors (Lipinski definition) is 3. The highest BCUT2D eigenvalue weighted by atomic mass is 19.1. The molecular formula is C14H13FN2O. The number of ether oxygens (including phenoxy) is 1. The molecule has 0 saturated heterocycles. The highest BCUT2D eigenvalue weighted by molar-refractivity contribution is 5.70.